The van der Waals surface area contributed by atoms with E-state index in [0.29, 0.717) is 0 Å². The molecule has 3 rings (SSSR count). The van der Waals surface area contributed by atoms with E-state index >= 15 is 0 Å². The van der Waals surface area contributed by atoms with Crippen LogP contribution in [-0.2, 0) is 7.05 Å². The van der Waals surface area contributed by atoms with Gasteiger partial charge >= 0.3 is 0 Å². The van der Waals surface area contributed by atoms with E-state index in [1.165, 1.54) is 27.8 Å². The molecule has 1 aliphatic rings. The summed E-state index contributed by atoms with van der Waals surface area (Å²) in [5, 5.41) is 0. The van der Waals surface area contributed by atoms with E-state index in [0.717, 1.165) is 18.8 Å². The fourth-order valence-corrected chi connectivity index (χ4v) is 3.04. The zero-order valence-corrected chi connectivity index (χ0v) is 13.8. The van der Waals surface area contributed by atoms with Crippen LogP contribution >= 0.6 is 0 Å². The molecule has 0 saturated carbocycles. The van der Waals surface area contributed by atoms with Gasteiger partial charge in [0, 0.05) is 26.0 Å². The van der Waals surface area contributed by atoms with Gasteiger partial charge in [0.1, 0.15) is 5.82 Å². The van der Waals surface area contributed by atoms with Crippen LogP contribution in [0.2, 0.25) is 0 Å². The average Bonchev–Trinajstić information content (AvgIpc) is 3.01. The molecule has 1 aromatic carbocycles. The van der Waals surface area contributed by atoms with Gasteiger partial charge in [-0.15, -0.1) is 0 Å². The lowest BCUT2D eigenvalue weighted by Crippen LogP contribution is -2.13. The maximum atomic E-state index is 4.44. The number of aryl methyl sites for hydroxylation is 1. The predicted octanol–water partition coefficient (Wildman–Crippen LogP) is 3.70. The molecule has 0 atom stereocenters. The molecular weight excluding hydrogens is 270 g/mol. The number of nitrogens with zero attached hydrogens (tertiary/aromatic N) is 3. The Morgan fingerprint density at radius 1 is 1.18 bits per heavy atom. The second-order valence-corrected chi connectivity index (χ2v) is 6.16. The van der Waals surface area contributed by atoms with Gasteiger partial charge in [0.15, 0.2) is 0 Å². The van der Waals surface area contributed by atoms with Gasteiger partial charge in [0.25, 0.3) is 0 Å². The van der Waals surface area contributed by atoms with E-state index in [1.807, 2.05) is 19.4 Å². The van der Waals surface area contributed by atoms with Crippen LogP contribution in [0, 0.1) is 0 Å². The maximum absolute atomic E-state index is 4.44. The second kappa shape index (κ2) is 5.93. The van der Waals surface area contributed by atoms with Gasteiger partial charge in [-0.25, -0.2) is 4.98 Å². The highest BCUT2D eigenvalue weighted by atomic mass is 15.0. The summed E-state index contributed by atoms with van der Waals surface area (Å²) >= 11 is 0. The molecule has 0 fully saturated rings. The Labute approximate surface area is 132 Å². The predicted molar refractivity (Wildman–Crippen MR) is 93.3 cm³/mol. The quantitative estimate of drug-likeness (QED) is 0.857. The van der Waals surface area contributed by atoms with Crippen LogP contribution in [-0.4, -0.2) is 35.1 Å². The highest BCUT2D eigenvalue weighted by molar-refractivity contribution is 6.04. The van der Waals surface area contributed by atoms with Gasteiger partial charge < -0.3 is 9.47 Å². The Morgan fingerprint density at radius 3 is 2.55 bits per heavy atom. The van der Waals surface area contributed by atoms with Crippen molar-refractivity contribution in [2.24, 2.45) is 7.05 Å². The number of fused-ring (bicyclic) bond motifs is 1. The molecule has 1 heterocycles. The highest BCUT2D eigenvalue weighted by Crippen LogP contribution is 2.43. The molecule has 0 amide bonds. The third-order valence-electron chi connectivity index (χ3n) is 4.34. The van der Waals surface area contributed by atoms with E-state index in [1.54, 1.807) is 0 Å². The Kier molecular flexibility index (Phi) is 3.99. The largest absolute Gasteiger partial charge is 0.335 e. The fraction of sp³-hybridized carbons (Fsp3) is 0.316. The topological polar surface area (TPSA) is 21.1 Å². The molecule has 0 N–H and O–H groups in total. The van der Waals surface area contributed by atoms with Gasteiger partial charge in [0.2, 0.25) is 0 Å². The molecule has 0 bridgehead atoms. The van der Waals surface area contributed by atoms with Crippen molar-refractivity contribution in [2.45, 2.75) is 13.3 Å². The summed E-state index contributed by atoms with van der Waals surface area (Å²) in [5.41, 5.74) is 6.86. The summed E-state index contributed by atoms with van der Waals surface area (Å²) in [7, 11) is 6.29. The van der Waals surface area contributed by atoms with Crippen molar-refractivity contribution in [1.29, 1.82) is 0 Å². The zero-order chi connectivity index (χ0) is 15.7. The van der Waals surface area contributed by atoms with Crippen molar-refractivity contribution in [3.63, 3.8) is 0 Å². The molecule has 3 nitrogen and oxygen atoms in total. The highest BCUT2D eigenvalue weighted by Gasteiger charge is 2.23. The molecule has 1 aliphatic carbocycles. The number of benzene rings is 1. The first kappa shape index (κ1) is 14.8. The molecule has 114 valence electrons. The first-order valence-corrected chi connectivity index (χ1v) is 7.71. The number of hydrogen-bond donors (Lipinski definition) is 0. The van der Waals surface area contributed by atoms with Gasteiger partial charge in [-0.2, -0.15) is 0 Å². The molecule has 0 spiro atoms. The molecule has 0 aliphatic heterocycles. The first-order chi connectivity index (χ1) is 10.6. The van der Waals surface area contributed by atoms with E-state index in [2.05, 4.69) is 65.8 Å². The van der Waals surface area contributed by atoms with E-state index in [9.17, 15) is 0 Å². The second-order valence-electron chi connectivity index (χ2n) is 6.16. The minimum absolute atomic E-state index is 0.998. The molecule has 0 radical (unpaired) electrons. The summed E-state index contributed by atoms with van der Waals surface area (Å²) in [6.07, 6.45) is 7.11. The lowest BCUT2D eigenvalue weighted by Gasteiger charge is -2.11. The number of hydrogen-bond acceptors (Lipinski definition) is 2. The van der Waals surface area contributed by atoms with Crippen LogP contribution in [0.25, 0.3) is 17.2 Å². The minimum atomic E-state index is 0.998. The van der Waals surface area contributed by atoms with Gasteiger partial charge in [-0.3, -0.25) is 0 Å². The van der Waals surface area contributed by atoms with Gasteiger partial charge in [-0.05, 0) is 61.4 Å². The van der Waals surface area contributed by atoms with E-state index in [4.69, 9.17) is 0 Å². The summed E-state index contributed by atoms with van der Waals surface area (Å²) in [5.74, 6) is 0.998. The van der Waals surface area contributed by atoms with Crippen LogP contribution in [0.3, 0.4) is 0 Å². The van der Waals surface area contributed by atoms with Crippen LogP contribution in [0.4, 0.5) is 0 Å². The molecule has 2 aromatic rings. The van der Waals surface area contributed by atoms with E-state index < -0.39 is 0 Å². The van der Waals surface area contributed by atoms with Crippen LogP contribution < -0.4 is 0 Å². The van der Waals surface area contributed by atoms with Crippen molar-refractivity contribution in [3.05, 3.63) is 59.2 Å². The first-order valence-electron chi connectivity index (χ1n) is 7.71. The average molecular weight is 293 g/mol. The number of rotatable bonds is 4. The Balaban J connectivity index is 2.07. The van der Waals surface area contributed by atoms with Crippen molar-refractivity contribution < 1.29 is 0 Å². The summed E-state index contributed by atoms with van der Waals surface area (Å²) < 4.78 is 2.06. The maximum Gasteiger partial charge on any atom is 0.132 e. The standard InChI is InChI=1S/C19H23N3/c1-14-15(9-11-21(2)3)16-7-5-6-8-17(16)18(14)13-19-20-10-12-22(19)4/h5-8,10,12-13H,9,11H2,1-4H3/b18-13+. The molecular formula is C19H23N3. The Morgan fingerprint density at radius 2 is 1.91 bits per heavy atom. The van der Waals surface area contributed by atoms with Gasteiger partial charge in [-0.1, -0.05) is 24.3 Å². The van der Waals surface area contributed by atoms with Crippen LogP contribution in [0.15, 0.2) is 42.2 Å². The monoisotopic (exact) mass is 293 g/mol. The normalized spacial score (nSPS) is 16.0. The third-order valence-corrected chi connectivity index (χ3v) is 4.34. The van der Waals surface area contributed by atoms with Crippen molar-refractivity contribution in [2.75, 3.05) is 20.6 Å². The summed E-state index contributed by atoms with van der Waals surface area (Å²) in [4.78, 5) is 6.68. The van der Waals surface area contributed by atoms with Crippen molar-refractivity contribution >= 4 is 17.2 Å². The summed E-state index contributed by atoms with van der Waals surface area (Å²) in [6.45, 7) is 3.30. The number of imidazole rings is 1. The Bertz CT molecular complexity index is 748. The number of aromatic nitrogens is 2. The lowest BCUT2D eigenvalue weighted by molar-refractivity contribution is 0.419. The van der Waals surface area contributed by atoms with E-state index in [-0.39, 0.29) is 0 Å². The molecule has 0 saturated heterocycles. The molecule has 3 heteroatoms. The zero-order valence-electron chi connectivity index (χ0n) is 13.8. The van der Waals surface area contributed by atoms with Crippen molar-refractivity contribution in [3.8, 4) is 0 Å². The van der Waals surface area contributed by atoms with Crippen LogP contribution in [0.1, 0.15) is 30.3 Å². The SMILES string of the molecule is CC1=C(CCN(C)C)c2ccccc2/C1=C/c1nccn1C. The third kappa shape index (κ3) is 2.64. The molecule has 22 heavy (non-hydrogen) atoms. The fourth-order valence-electron chi connectivity index (χ4n) is 3.04. The lowest BCUT2D eigenvalue weighted by atomic mass is 10.0. The molecule has 1 aromatic heterocycles. The van der Waals surface area contributed by atoms with Crippen LogP contribution in [0.5, 0.6) is 0 Å². The smallest absolute Gasteiger partial charge is 0.132 e. The molecule has 0 unspecified atom stereocenters. The number of allylic oxidation sites excluding steroid dienone is 2. The Hall–Kier alpha value is -2.13. The van der Waals surface area contributed by atoms with Crippen molar-refractivity contribution in [1.82, 2.24) is 14.5 Å². The minimum Gasteiger partial charge on any atom is -0.335 e. The summed E-state index contributed by atoms with van der Waals surface area (Å²) in [6, 6.07) is 8.71. The van der Waals surface area contributed by atoms with Gasteiger partial charge in [0.05, 0.1) is 0 Å².